The molecule has 0 aliphatic carbocycles. The van der Waals surface area contributed by atoms with E-state index in [0.29, 0.717) is 28.8 Å². The Labute approximate surface area is 131 Å². The fourth-order valence-electron chi connectivity index (χ4n) is 1.95. The molecule has 0 aliphatic heterocycles. The number of benzene rings is 2. The molecule has 0 amide bonds. The van der Waals surface area contributed by atoms with E-state index in [1.807, 2.05) is 0 Å². The number of ether oxygens (including phenoxy) is 1. The average molecular weight is 349 g/mol. The van der Waals surface area contributed by atoms with E-state index < -0.39 is 0 Å². The van der Waals surface area contributed by atoms with E-state index in [2.05, 4.69) is 22.5 Å². The van der Waals surface area contributed by atoms with E-state index >= 15 is 0 Å². The number of hydrogen-bond donors (Lipinski definition) is 0. The van der Waals surface area contributed by atoms with Crippen molar-refractivity contribution >= 4 is 22.2 Å². The molecule has 0 radical (unpaired) electrons. The zero-order valence-electron chi connectivity index (χ0n) is 11.3. The molecule has 0 unspecified atom stereocenters. The van der Waals surface area contributed by atoms with Gasteiger partial charge in [0.15, 0.2) is 0 Å². The second-order valence-corrected chi connectivity index (χ2v) is 5.37. The van der Waals surface area contributed by atoms with E-state index in [1.165, 1.54) is 12.1 Å². The third-order valence-electron chi connectivity index (χ3n) is 2.94. The largest absolute Gasteiger partial charge is 0.487 e. The molecule has 2 rings (SSSR count). The van der Waals surface area contributed by atoms with Gasteiger partial charge in [-0.2, -0.15) is 0 Å². The van der Waals surface area contributed by atoms with Crippen molar-refractivity contribution in [3.8, 4) is 5.75 Å². The number of carbonyl (C=O) groups is 1. The summed E-state index contributed by atoms with van der Waals surface area (Å²) in [5.41, 5.74) is 2.32. The molecule has 21 heavy (non-hydrogen) atoms. The summed E-state index contributed by atoms with van der Waals surface area (Å²) in [5, 5.41) is 0. The summed E-state index contributed by atoms with van der Waals surface area (Å²) in [6.45, 7) is 4.03. The van der Waals surface area contributed by atoms with E-state index in [-0.39, 0.29) is 5.82 Å². The number of rotatable bonds is 6. The van der Waals surface area contributed by atoms with Crippen molar-refractivity contribution in [3.05, 3.63) is 76.0 Å². The van der Waals surface area contributed by atoms with Gasteiger partial charge in [-0.25, -0.2) is 4.39 Å². The first-order valence-electron chi connectivity index (χ1n) is 6.39. The van der Waals surface area contributed by atoms with Crippen LogP contribution in [-0.4, -0.2) is 6.29 Å². The zero-order valence-corrected chi connectivity index (χ0v) is 12.9. The van der Waals surface area contributed by atoms with Gasteiger partial charge >= 0.3 is 0 Å². The topological polar surface area (TPSA) is 26.3 Å². The van der Waals surface area contributed by atoms with Gasteiger partial charge in [-0.1, -0.05) is 18.2 Å². The molecule has 0 saturated carbocycles. The highest BCUT2D eigenvalue weighted by molar-refractivity contribution is 9.10. The number of aldehydes is 1. The standard InChI is InChI=1S/C17H14BrFO2/c1-2-3-14-8-13(10-20)9-16(18)17(14)21-11-12-4-6-15(19)7-5-12/h2,4-10H,1,3,11H2. The molecule has 0 aromatic heterocycles. The monoisotopic (exact) mass is 348 g/mol. The fourth-order valence-corrected chi connectivity index (χ4v) is 2.58. The predicted octanol–water partition coefficient (Wildman–Crippen LogP) is 4.71. The first-order valence-corrected chi connectivity index (χ1v) is 7.19. The number of halogens is 2. The molecule has 0 N–H and O–H groups in total. The van der Waals surface area contributed by atoms with Crippen molar-refractivity contribution in [3.63, 3.8) is 0 Å². The highest BCUT2D eigenvalue weighted by Gasteiger charge is 2.10. The molecule has 0 bridgehead atoms. The normalized spacial score (nSPS) is 10.2. The molecule has 0 atom stereocenters. The minimum Gasteiger partial charge on any atom is -0.487 e. The van der Waals surface area contributed by atoms with Crippen molar-refractivity contribution in [2.75, 3.05) is 0 Å². The van der Waals surface area contributed by atoms with Crippen LogP contribution >= 0.6 is 15.9 Å². The van der Waals surface area contributed by atoms with Crippen LogP contribution in [0, 0.1) is 5.82 Å². The fraction of sp³-hybridized carbons (Fsp3) is 0.118. The van der Waals surface area contributed by atoms with Crippen molar-refractivity contribution < 1.29 is 13.9 Å². The predicted molar refractivity (Wildman–Crippen MR) is 84.2 cm³/mol. The lowest BCUT2D eigenvalue weighted by molar-refractivity contribution is 0.112. The first-order chi connectivity index (χ1) is 10.1. The molecule has 108 valence electrons. The van der Waals surface area contributed by atoms with Crippen LogP contribution in [0.4, 0.5) is 4.39 Å². The number of carbonyl (C=O) groups excluding carboxylic acids is 1. The van der Waals surface area contributed by atoms with E-state index in [4.69, 9.17) is 4.74 Å². The smallest absolute Gasteiger partial charge is 0.150 e. The van der Waals surface area contributed by atoms with Crippen molar-refractivity contribution in [1.29, 1.82) is 0 Å². The summed E-state index contributed by atoms with van der Waals surface area (Å²) in [4.78, 5) is 10.9. The molecule has 4 heteroatoms. The third kappa shape index (κ3) is 4.02. The average Bonchev–Trinajstić information content (AvgIpc) is 2.48. The Morgan fingerprint density at radius 1 is 1.24 bits per heavy atom. The molecule has 2 aromatic carbocycles. The maximum absolute atomic E-state index is 12.9. The Balaban J connectivity index is 2.23. The molecule has 0 heterocycles. The van der Waals surface area contributed by atoms with Gasteiger partial charge < -0.3 is 4.74 Å². The Bertz CT molecular complexity index is 651. The van der Waals surface area contributed by atoms with Gasteiger partial charge in [-0.3, -0.25) is 4.79 Å². The lowest BCUT2D eigenvalue weighted by Crippen LogP contribution is -2.00. The summed E-state index contributed by atoms with van der Waals surface area (Å²) in [6, 6.07) is 9.63. The van der Waals surface area contributed by atoms with Crippen LogP contribution in [0.25, 0.3) is 0 Å². The highest BCUT2D eigenvalue weighted by Crippen LogP contribution is 2.32. The van der Waals surface area contributed by atoms with Crippen LogP contribution in [0.1, 0.15) is 21.5 Å². The number of allylic oxidation sites excluding steroid dienone is 1. The summed E-state index contributed by atoms with van der Waals surface area (Å²) >= 11 is 3.42. The van der Waals surface area contributed by atoms with E-state index in [0.717, 1.165) is 17.4 Å². The Morgan fingerprint density at radius 3 is 2.57 bits per heavy atom. The van der Waals surface area contributed by atoms with Crippen molar-refractivity contribution in [2.24, 2.45) is 0 Å². The van der Waals surface area contributed by atoms with Crippen LogP contribution in [-0.2, 0) is 13.0 Å². The molecule has 0 spiro atoms. The van der Waals surface area contributed by atoms with Gasteiger partial charge in [0.05, 0.1) is 4.47 Å². The van der Waals surface area contributed by atoms with Gasteiger partial charge in [0.2, 0.25) is 0 Å². The van der Waals surface area contributed by atoms with Gasteiger partial charge in [0.1, 0.15) is 24.5 Å². The Morgan fingerprint density at radius 2 is 1.95 bits per heavy atom. The maximum atomic E-state index is 12.9. The number of hydrogen-bond acceptors (Lipinski definition) is 2. The second-order valence-electron chi connectivity index (χ2n) is 4.52. The van der Waals surface area contributed by atoms with Crippen LogP contribution < -0.4 is 4.74 Å². The van der Waals surface area contributed by atoms with E-state index in [1.54, 1.807) is 30.3 Å². The van der Waals surface area contributed by atoms with Crippen molar-refractivity contribution in [1.82, 2.24) is 0 Å². The summed E-state index contributed by atoms with van der Waals surface area (Å²) in [5.74, 6) is 0.396. The lowest BCUT2D eigenvalue weighted by atomic mass is 10.1. The lowest BCUT2D eigenvalue weighted by Gasteiger charge is -2.13. The van der Waals surface area contributed by atoms with Gasteiger partial charge in [-0.15, -0.1) is 6.58 Å². The minimum atomic E-state index is -0.275. The highest BCUT2D eigenvalue weighted by atomic mass is 79.9. The molecule has 0 fully saturated rings. The first kappa shape index (κ1) is 15.4. The van der Waals surface area contributed by atoms with Crippen LogP contribution in [0.5, 0.6) is 5.75 Å². The SMILES string of the molecule is C=CCc1cc(C=O)cc(Br)c1OCc1ccc(F)cc1. The molecular weight excluding hydrogens is 335 g/mol. The maximum Gasteiger partial charge on any atom is 0.150 e. The van der Waals surface area contributed by atoms with Crippen LogP contribution in [0.2, 0.25) is 0 Å². The quantitative estimate of drug-likeness (QED) is 0.558. The van der Waals surface area contributed by atoms with Crippen molar-refractivity contribution in [2.45, 2.75) is 13.0 Å². The summed E-state index contributed by atoms with van der Waals surface area (Å²) in [6.07, 6.45) is 3.14. The Kier molecular flexibility index (Phi) is 5.28. The Hall–Kier alpha value is -1.94. The van der Waals surface area contributed by atoms with Gasteiger partial charge in [-0.05, 0) is 57.7 Å². The molecule has 2 nitrogen and oxygen atoms in total. The molecular formula is C17H14BrFO2. The second kappa shape index (κ2) is 7.18. The van der Waals surface area contributed by atoms with Crippen LogP contribution in [0.15, 0.2) is 53.5 Å². The minimum absolute atomic E-state index is 0.275. The summed E-state index contributed by atoms with van der Waals surface area (Å²) in [7, 11) is 0. The summed E-state index contributed by atoms with van der Waals surface area (Å²) < 4.78 is 19.4. The van der Waals surface area contributed by atoms with E-state index in [9.17, 15) is 9.18 Å². The molecule has 2 aromatic rings. The zero-order chi connectivity index (χ0) is 15.2. The van der Waals surface area contributed by atoms with Crippen LogP contribution in [0.3, 0.4) is 0 Å². The molecule has 0 saturated heterocycles. The third-order valence-corrected chi connectivity index (χ3v) is 3.53. The van der Waals surface area contributed by atoms with Gasteiger partial charge in [0, 0.05) is 5.56 Å². The van der Waals surface area contributed by atoms with Gasteiger partial charge in [0.25, 0.3) is 0 Å². The molecule has 0 aliphatic rings.